The Morgan fingerprint density at radius 1 is 1.37 bits per heavy atom. The molecule has 0 fully saturated rings. The molecule has 3 nitrogen and oxygen atoms in total. The van der Waals surface area contributed by atoms with Gasteiger partial charge in [0.05, 0.1) is 12.7 Å². The summed E-state index contributed by atoms with van der Waals surface area (Å²) in [6.07, 6.45) is 3.07. The molecule has 19 heavy (non-hydrogen) atoms. The van der Waals surface area contributed by atoms with Gasteiger partial charge in [0.2, 0.25) is 0 Å². The molecule has 1 aromatic carbocycles. The smallest absolute Gasteiger partial charge is 0.330 e. The molecule has 0 amide bonds. The van der Waals surface area contributed by atoms with E-state index in [0.29, 0.717) is 19.4 Å². The van der Waals surface area contributed by atoms with Crippen molar-refractivity contribution < 1.29 is 14.6 Å². The normalized spacial score (nSPS) is 13.1. The number of esters is 1. The molecule has 0 bridgehead atoms. The topological polar surface area (TPSA) is 46.5 Å². The average Bonchev–Trinajstić information content (AvgIpc) is 2.37. The zero-order chi connectivity index (χ0) is 14.1. The maximum Gasteiger partial charge on any atom is 0.330 e. The summed E-state index contributed by atoms with van der Waals surface area (Å²) in [6.45, 7) is 3.98. The lowest BCUT2D eigenvalue weighted by molar-refractivity contribution is -0.137. The van der Waals surface area contributed by atoms with Crippen LogP contribution in [0.4, 0.5) is 0 Å². The molecule has 0 saturated heterocycles. The van der Waals surface area contributed by atoms with Crippen LogP contribution in [-0.2, 0) is 16.0 Å². The third kappa shape index (κ3) is 6.77. The van der Waals surface area contributed by atoms with Crippen molar-refractivity contribution in [2.75, 3.05) is 6.61 Å². The van der Waals surface area contributed by atoms with Crippen molar-refractivity contribution >= 4 is 5.97 Å². The van der Waals surface area contributed by atoms with E-state index < -0.39 is 6.10 Å². The predicted molar refractivity (Wildman–Crippen MR) is 75.8 cm³/mol. The first kappa shape index (κ1) is 15.4. The minimum Gasteiger partial charge on any atom is -0.463 e. The van der Waals surface area contributed by atoms with E-state index in [1.54, 1.807) is 6.92 Å². The number of rotatable bonds is 7. The Morgan fingerprint density at radius 2 is 2.05 bits per heavy atom. The van der Waals surface area contributed by atoms with Gasteiger partial charge < -0.3 is 9.84 Å². The summed E-state index contributed by atoms with van der Waals surface area (Å²) in [5.74, 6) is -0.338. The highest BCUT2D eigenvalue weighted by atomic mass is 16.5. The van der Waals surface area contributed by atoms with Crippen LogP contribution in [0.15, 0.2) is 42.0 Å². The van der Waals surface area contributed by atoms with Crippen LogP contribution in [0.2, 0.25) is 0 Å². The Hall–Kier alpha value is -1.61. The van der Waals surface area contributed by atoms with Crippen molar-refractivity contribution in [3.63, 3.8) is 0 Å². The minimum absolute atomic E-state index is 0.338. The van der Waals surface area contributed by atoms with Crippen LogP contribution in [0.1, 0.15) is 32.3 Å². The Kier molecular flexibility index (Phi) is 6.90. The molecule has 0 spiro atoms. The largest absolute Gasteiger partial charge is 0.463 e. The lowest BCUT2D eigenvalue weighted by atomic mass is 10.0. The minimum atomic E-state index is -0.425. The van der Waals surface area contributed by atoms with E-state index in [0.717, 1.165) is 12.0 Å². The van der Waals surface area contributed by atoms with Crippen molar-refractivity contribution in [3.8, 4) is 0 Å². The van der Waals surface area contributed by atoms with Crippen LogP contribution in [0.3, 0.4) is 0 Å². The number of aliphatic hydroxyl groups excluding tert-OH is 1. The fourth-order valence-corrected chi connectivity index (χ4v) is 1.90. The summed E-state index contributed by atoms with van der Waals surface area (Å²) >= 11 is 0. The fourth-order valence-electron chi connectivity index (χ4n) is 1.90. The first-order valence-corrected chi connectivity index (χ1v) is 6.67. The number of hydrogen-bond donors (Lipinski definition) is 1. The van der Waals surface area contributed by atoms with Crippen LogP contribution >= 0.6 is 0 Å². The molecule has 0 radical (unpaired) electrons. The maximum absolute atomic E-state index is 11.2. The van der Waals surface area contributed by atoms with Crippen LogP contribution in [0, 0.1) is 0 Å². The Balaban J connectivity index is 2.34. The van der Waals surface area contributed by atoms with Gasteiger partial charge in [-0.25, -0.2) is 4.79 Å². The standard InChI is InChI=1S/C16H22O3/c1-3-19-16(18)12-13(2)11-15(17)10-9-14-7-5-4-6-8-14/h4-8,12,15,17H,3,9-11H2,1-2H3/b13-12+/t15-/m0/s1. The Bertz CT molecular complexity index is 409. The van der Waals surface area contributed by atoms with Gasteiger partial charge in [0, 0.05) is 6.08 Å². The van der Waals surface area contributed by atoms with Gasteiger partial charge in [-0.1, -0.05) is 35.9 Å². The number of hydrogen-bond acceptors (Lipinski definition) is 3. The molecular formula is C16H22O3. The maximum atomic E-state index is 11.2. The molecule has 1 atom stereocenters. The molecule has 0 unspecified atom stereocenters. The molecule has 3 heteroatoms. The predicted octanol–water partition coefficient (Wildman–Crippen LogP) is 2.88. The van der Waals surface area contributed by atoms with Crippen LogP contribution < -0.4 is 0 Å². The molecule has 0 aliphatic rings. The van der Waals surface area contributed by atoms with Crippen molar-refractivity contribution in [2.24, 2.45) is 0 Å². The SMILES string of the molecule is CCOC(=O)/C=C(\C)C[C@@H](O)CCc1ccccc1. The van der Waals surface area contributed by atoms with E-state index >= 15 is 0 Å². The number of carbonyl (C=O) groups excluding carboxylic acids is 1. The summed E-state index contributed by atoms with van der Waals surface area (Å²) in [6, 6.07) is 10.1. The first-order valence-electron chi connectivity index (χ1n) is 6.67. The first-order chi connectivity index (χ1) is 9.11. The van der Waals surface area contributed by atoms with Crippen LogP contribution in [0.25, 0.3) is 0 Å². The van der Waals surface area contributed by atoms with E-state index in [-0.39, 0.29) is 5.97 Å². The van der Waals surface area contributed by atoms with Crippen molar-refractivity contribution in [1.82, 2.24) is 0 Å². The monoisotopic (exact) mass is 262 g/mol. The van der Waals surface area contributed by atoms with Gasteiger partial charge in [-0.15, -0.1) is 0 Å². The van der Waals surface area contributed by atoms with E-state index in [2.05, 4.69) is 0 Å². The highest BCUT2D eigenvalue weighted by Crippen LogP contribution is 2.11. The number of aliphatic hydroxyl groups is 1. The molecule has 1 N–H and O–H groups in total. The van der Waals surface area contributed by atoms with Gasteiger partial charge in [-0.05, 0) is 38.7 Å². The van der Waals surface area contributed by atoms with E-state index in [1.165, 1.54) is 11.6 Å². The summed E-state index contributed by atoms with van der Waals surface area (Å²) in [4.78, 5) is 11.2. The van der Waals surface area contributed by atoms with Gasteiger partial charge in [0.15, 0.2) is 0 Å². The highest BCUT2D eigenvalue weighted by Gasteiger charge is 2.07. The van der Waals surface area contributed by atoms with Crippen molar-refractivity contribution in [2.45, 2.75) is 39.2 Å². The number of aryl methyl sites for hydroxylation is 1. The summed E-state index contributed by atoms with van der Waals surface area (Å²) < 4.78 is 4.83. The van der Waals surface area contributed by atoms with Gasteiger partial charge in [0.25, 0.3) is 0 Å². The van der Waals surface area contributed by atoms with Gasteiger partial charge in [-0.3, -0.25) is 0 Å². The molecule has 0 aliphatic heterocycles. The lowest BCUT2D eigenvalue weighted by Crippen LogP contribution is -2.09. The number of benzene rings is 1. The summed E-state index contributed by atoms with van der Waals surface area (Å²) in [5.41, 5.74) is 2.06. The molecular weight excluding hydrogens is 240 g/mol. The molecule has 0 heterocycles. The van der Waals surface area contributed by atoms with Gasteiger partial charge in [0.1, 0.15) is 0 Å². The van der Waals surface area contributed by atoms with E-state index in [9.17, 15) is 9.90 Å². The second-order valence-corrected chi connectivity index (χ2v) is 4.62. The third-order valence-electron chi connectivity index (χ3n) is 2.82. The van der Waals surface area contributed by atoms with Crippen molar-refractivity contribution in [1.29, 1.82) is 0 Å². The van der Waals surface area contributed by atoms with E-state index in [4.69, 9.17) is 4.74 Å². The number of carbonyl (C=O) groups is 1. The highest BCUT2D eigenvalue weighted by molar-refractivity contribution is 5.82. The quantitative estimate of drug-likeness (QED) is 0.607. The van der Waals surface area contributed by atoms with Crippen LogP contribution in [-0.4, -0.2) is 23.8 Å². The van der Waals surface area contributed by atoms with E-state index in [1.807, 2.05) is 37.3 Å². The van der Waals surface area contributed by atoms with Gasteiger partial charge in [-0.2, -0.15) is 0 Å². The molecule has 104 valence electrons. The molecule has 0 aliphatic carbocycles. The number of ether oxygens (including phenoxy) is 1. The van der Waals surface area contributed by atoms with Gasteiger partial charge >= 0.3 is 5.97 Å². The Morgan fingerprint density at radius 3 is 2.68 bits per heavy atom. The molecule has 0 saturated carbocycles. The average molecular weight is 262 g/mol. The Labute approximate surface area is 114 Å². The summed E-state index contributed by atoms with van der Waals surface area (Å²) in [5, 5.41) is 9.93. The summed E-state index contributed by atoms with van der Waals surface area (Å²) in [7, 11) is 0. The third-order valence-corrected chi connectivity index (χ3v) is 2.82. The van der Waals surface area contributed by atoms with Crippen molar-refractivity contribution in [3.05, 3.63) is 47.5 Å². The molecule has 0 aromatic heterocycles. The molecule has 1 rings (SSSR count). The zero-order valence-corrected chi connectivity index (χ0v) is 11.6. The zero-order valence-electron chi connectivity index (χ0n) is 11.6. The van der Waals surface area contributed by atoms with Crippen LogP contribution in [0.5, 0.6) is 0 Å². The second kappa shape index (κ2) is 8.48. The molecule has 1 aromatic rings. The second-order valence-electron chi connectivity index (χ2n) is 4.62. The fraction of sp³-hybridized carbons (Fsp3) is 0.438. The lowest BCUT2D eigenvalue weighted by Gasteiger charge is -2.10.